The topological polar surface area (TPSA) is 37.8 Å². The van der Waals surface area contributed by atoms with Gasteiger partial charge in [-0.15, -0.1) is 0 Å². The van der Waals surface area contributed by atoms with E-state index in [0.717, 1.165) is 35.6 Å². The lowest BCUT2D eigenvalue weighted by Crippen LogP contribution is -2.09. The number of hydrogen-bond donors (Lipinski definition) is 1. The van der Waals surface area contributed by atoms with Crippen LogP contribution in [-0.2, 0) is 0 Å². The molecule has 21 heavy (non-hydrogen) atoms. The molecule has 0 unspecified atom stereocenters. The largest absolute Gasteiger partial charge is 0.370 e. The van der Waals surface area contributed by atoms with Crippen molar-refractivity contribution in [3.05, 3.63) is 40.1 Å². The Hall–Kier alpha value is -1.32. The van der Waals surface area contributed by atoms with Gasteiger partial charge in [-0.3, -0.25) is 0 Å². The summed E-state index contributed by atoms with van der Waals surface area (Å²) in [6.07, 6.45) is 2.60. The molecule has 5 heteroatoms. The highest BCUT2D eigenvalue weighted by molar-refractivity contribution is 6.43. The third kappa shape index (κ3) is 3.47. The molecule has 0 radical (unpaired) electrons. The van der Waals surface area contributed by atoms with Crippen LogP contribution in [0.15, 0.2) is 24.5 Å². The van der Waals surface area contributed by atoms with Crippen molar-refractivity contribution in [3.63, 3.8) is 0 Å². The molecule has 0 saturated heterocycles. The van der Waals surface area contributed by atoms with Crippen molar-refractivity contribution >= 4 is 29.0 Å². The quantitative estimate of drug-likeness (QED) is 0.800. The second-order valence-corrected chi connectivity index (χ2v) is 5.95. The van der Waals surface area contributed by atoms with Crippen molar-refractivity contribution in [3.8, 4) is 11.3 Å². The predicted octanol–water partition coefficient (Wildman–Crippen LogP) is 5.40. The van der Waals surface area contributed by atoms with E-state index < -0.39 is 0 Å². The number of nitrogens with zero attached hydrogens (tertiary/aromatic N) is 2. The Morgan fingerprint density at radius 1 is 1.19 bits per heavy atom. The van der Waals surface area contributed by atoms with E-state index in [1.165, 1.54) is 0 Å². The molecule has 2 rings (SSSR count). The second kappa shape index (κ2) is 7.10. The molecule has 0 fully saturated rings. The number of aromatic nitrogens is 2. The first kappa shape index (κ1) is 16.1. The summed E-state index contributed by atoms with van der Waals surface area (Å²) in [4.78, 5) is 8.82. The van der Waals surface area contributed by atoms with E-state index in [-0.39, 0.29) is 5.92 Å². The van der Waals surface area contributed by atoms with Crippen molar-refractivity contribution in [1.82, 2.24) is 9.97 Å². The van der Waals surface area contributed by atoms with Gasteiger partial charge in [-0.2, -0.15) is 0 Å². The van der Waals surface area contributed by atoms with Gasteiger partial charge in [-0.1, -0.05) is 56.1 Å². The van der Waals surface area contributed by atoms with E-state index >= 15 is 0 Å². The lowest BCUT2D eigenvalue weighted by molar-refractivity contribution is 0.844. The molecule has 1 N–H and O–H groups in total. The van der Waals surface area contributed by atoms with Crippen molar-refractivity contribution in [2.24, 2.45) is 0 Å². The summed E-state index contributed by atoms with van der Waals surface area (Å²) in [5.41, 5.74) is 2.75. The third-order valence-corrected chi connectivity index (χ3v) is 4.03. The molecule has 3 nitrogen and oxygen atoms in total. The first-order valence-corrected chi connectivity index (χ1v) is 7.85. The van der Waals surface area contributed by atoms with Crippen LogP contribution in [-0.4, -0.2) is 16.5 Å². The van der Waals surface area contributed by atoms with Crippen molar-refractivity contribution in [2.75, 3.05) is 11.9 Å². The molecule has 0 bridgehead atoms. The minimum Gasteiger partial charge on any atom is -0.370 e. The Morgan fingerprint density at radius 3 is 2.62 bits per heavy atom. The lowest BCUT2D eigenvalue weighted by Gasteiger charge is -2.17. The summed E-state index contributed by atoms with van der Waals surface area (Å²) in [6, 6.07) is 5.60. The molecule has 0 spiro atoms. The molecule has 0 aliphatic carbocycles. The number of rotatable bonds is 5. The van der Waals surface area contributed by atoms with Gasteiger partial charge in [-0.25, -0.2) is 9.97 Å². The van der Waals surface area contributed by atoms with Gasteiger partial charge in [0, 0.05) is 17.7 Å². The first-order valence-electron chi connectivity index (χ1n) is 7.09. The molecule has 1 heterocycles. The van der Waals surface area contributed by atoms with Gasteiger partial charge >= 0.3 is 0 Å². The maximum Gasteiger partial charge on any atom is 0.133 e. The Balaban J connectivity index is 2.60. The van der Waals surface area contributed by atoms with E-state index in [4.69, 9.17) is 23.2 Å². The van der Waals surface area contributed by atoms with E-state index in [9.17, 15) is 0 Å². The van der Waals surface area contributed by atoms with Gasteiger partial charge in [0.2, 0.25) is 0 Å². The zero-order valence-corrected chi connectivity index (χ0v) is 14.0. The standard InChI is InChI=1S/C16H19Cl2N3/c1-4-8-19-16-13(10(2)3)15(20-9-21-16)11-6-5-7-12(17)14(11)18/h5-7,9-10H,4,8H2,1-3H3,(H,19,20,21). The van der Waals surface area contributed by atoms with Gasteiger partial charge in [0.1, 0.15) is 12.1 Å². The second-order valence-electron chi connectivity index (χ2n) is 5.17. The van der Waals surface area contributed by atoms with Crippen LogP contribution in [0.2, 0.25) is 10.0 Å². The van der Waals surface area contributed by atoms with Crippen molar-refractivity contribution in [1.29, 1.82) is 0 Å². The first-order chi connectivity index (χ1) is 10.1. The molecule has 1 aromatic carbocycles. The molecule has 2 aromatic rings. The van der Waals surface area contributed by atoms with Crippen LogP contribution in [0.4, 0.5) is 5.82 Å². The summed E-state index contributed by atoms with van der Waals surface area (Å²) < 4.78 is 0. The molecule has 0 aliphatic heterocycles. The van der Waals surface area contributed by atoms with Gasteiger partial charge in [0.05, 0.1) is 15.7 Å². The third-order valence-electron chi connectivity index (χ3n) is 3.21. The van der Waals surface area contributed by atoms with Crippen LogP contribution >= 0.6 is 23.2 Å². The van der Waals surface area contributed by atoms with Crippen LogP contribution in [0, 0.1) is 0 Å². The minimum absolute atomic E-state index is 0.274. The Morgan fingerprint density at radius 2 is 1.95 bits per heavy atom. The summed E-state index contributed by atoms with van der Waals surface area (Å²) >= 11 is 12.5. The van der Waals surface area contributed by atoms with Crippen molar-refractivity contribution in [2.45, 2.75) is 33.1 Å². The molecule has 1 aromatic heterocycles. The Labute approximate surface area is 135 Å². The summed E-state index contributed by atoms with van der Waals surface area (Å²) in [5, 5.41) is 4.42. The summed E-state index contributed by atoms with van der Waals surface area (Å²) in [6.45, 7) is 7.24. The number of halogens is 2. The van der Waals surface area contributed by atoms with Crippen LogP contribution in [0.25, 0.3) is 11.3 Å². The average Bonchev–Trinajstić information content (AvgIpc) is 2.47. The number of nitrogens with one attached hydrogen (secondary N) is 1. The maximum absolute atomic E-state index is 6.35. The smallest absolute Gasteiger partial charge is 0.133 e. The molecule has 0 atom stereocenters. The van der Waals surface area contributed by atoms with Crippen LogP contribution in [0.1, 0.15) is 38.7 Å². The minimum atomic E-state index is 0.274. The zero-order valence-electron chi connectivity index (χ0n) is 12.5. The Bertz CT molecular complexity index is 627. The monoisotopic (exact) mass is 323 g/mol. The number of benzene rings is 1. The van der Waals surface area contributed by atoms with Gasteiger partial charge in [0.15, 0.2) is 0 Å². The lowest BCUT2D eigenvalue weighted by atomic mass is 9.97. The fourth-order valence-electron chi connectivity index (χ4n) is 2.23. The van der Waals surface area contributed by atoms with E-state index in [2.05, 4.69) is 36.1 Å². The zero-order chi connectivity index (χ0) is 15.4. The molecule has 0 amide bonds. The number of hydrogen-bond acceptors (Lipinski definition) is 3. The molecular weight excluding hydrogens is 305 g/mol. The summed E-state index contributed by atoms with van der Waals surface area (Å²) in [5.74, 6) is 1.14. The predicted molar refractivity (Wildman–Crippen MR) is 90.4 cm³/mol. The van der Waals surface area contributed by atoms with E-state index in [1.807, 2.05) is 12.1 Å². The average molecular weight is 324 g/mol. The highest BCUT2D eigenvalue weighted by Gasteiger charge is 2.18. The van der Waals surface area contributed by atoms with E-state index in [0.29, 0.717) is 10.0 Å². The van der Waals surface area contributed by atoms with Crippen LogP contribution in [0.3, 0.4) is 0 Å². The molecular formula is C16H19Cl2N3. The highest BCUT2D eigenvalue weighted by Crippen LogP contribution is 2.38. The SMILES string of the molecule is CCCNc1ncnc(-c2cccc(Cl)c2Cl)c1C(C)C. The van der Waals surface area contributed by atoms with Gasteiger partial charge in [-0.05, 0) is 18.4 Å². The van der Waals surface area contributed by atoms with E-state index in [1.54, 1.807) is 12.4 Å². The Kier molecular flexibility index (Phi) is 5.43. The normalized spacial score (nSPS) is 11.0. The molecule has 112 valence electrons. The number of anilines is 1. The van der Waals surface area contributed by atoms with Crippen LogP contribution < -0.4 is 5.32 Å². The van der Waals surface area contributed by atoms with Crippen LogP contribution in [0.5, 0.6) is 0 Å². The van der Waals surface area contributed by atoms with Gasteiger partial charge < -0.3 is 5.32 Å². The molecule has 0 saturated carbocycles. The highest BCUT2D eigenvalue weighted by atomic mass is 35.5. The van der Waals surface area contributed by atoms with Crippen molar-refractivity contribution < 1.29 is 0 Å². The fraction of sp³-hybridized carbons (Fsp3) is 0.375. The summed E-state index contributed by atoms with van der Waals surface area (Å²) in [7, 11) is 0. The maximum atomic E-state index is 6.35. The van der Waals surface area contributed by atoms with Gasteiger partial charge in [0.25, 0.3) is 0 Å². The fourth-order valence-corrected chi connectivity index (χ4v) is 2.62. The molecule has 0 aliphatic rings.